The van der Waals surface area contributed by atoms with Crippen LogP contribution < -0.4 is 5.32 Å². The molecule has 0 saturated carbocycles. The van der Waals surface area contributed by atoms with E-state index in [4.69, 9.17) is 4.99 Å². The Hall–Kier alpha value is -0.830. The van der Waals surface area contributed by atoms with Crippen LogP contribution in [0.15, 0.2) is 17.4 Å². The lowest BCUT2D eigenvalue weighted by Gasteiger charge is -2.23. The fourth-order valence-electron chi connectivity index (χ4n) is 3.88. The standard InChI is InChI=1S/C20H37N5O.HI/c1-5-21-20(22-12-17(7-9-26)10-16(2)3)25-8-6-18(15-25)11-19-13-23-24(4)14-19;/h13-14,16-18,26H,5-12,15H2,1-4H3,(H,21,22);1H. The van der Waals surface area contributed by atoms with E-state index in [1.807, 2.05) is 17.9 Å². The summed E-state index contributed by atoms with van der Waals surface area (Å²) in [5.74, 6) is 2.79. The van der Waals surface area contributed by atoms with E-state index >= 15 is 0 Å². The minimum Gasteiger partial charge on any atom is -0.396 e. The molecule has 0 radical (unpaired) electrons. The topological polar surface area (TPSA) is 65.7 Å². The predicted octanol–water partition coefficient (Wildman–Crippen LogP) is 2.91. The average molecular weight is 491 g/mol. The number of rotatable bonds is 9. The summed E-state index contributed by atoms with van der Waals surface area (Å²) in [5, 5.41) is 17.1. The molecule has 0 amide bonds. The van der Waals surface area contributed by atoms with Crippen LogP contribution in [0.3, 0.4) is 0 Å². The molecule has 6 nitrogen and oxygen atoms in total. The van der Waals surface area contributed by atoms with E-state index in [9.17, 15) is 5.11 Å². The van der Waals surface area contributed by atoms with Crippen LogP contribution in [0.5, 0.6) is 0 Å². The maximum Gasteiger partial charge on any atom is 0.193 e. The van der Waals surface area contributed by atoms with Gasteiger partial charge in [0.05, 0.1) is 6.20 Å². The number of aliphatic imine (C=N–C) groups is 1. The van der Waals surface area contributed by atoms with Gasteiger partial charge in [0.15, 0.2) is 5.96 Å². The highest BCUT2D eigenvalue weighted by Crippen LogP contribution is 2.21. The van der Waals surface area contributed by atoms with E-state index in [-0.39, 0.29) is 30.6 Å². The van der Waals surface area contributed by atoms with Crippen LogP contribution in [-0.2, 0) is 13.5 Å². The second-order valence-electron chi connectivity index (χ2n) is 8.03. The molecule has 1 saturated heterocycles. The quantitative estimate of drug-likeness (QED) is 0.317. The maximum atomic E-state index is 9.32. The fourth-order valence-corrected chi connectivity index (χ4v) is 3.88. The van der Waals surface area contributed by atoms with Gasteiger partial charge in [-0.3, -0.25) is 9.67 Å². The Labute approximate surface area is 181 Å². The minimum atomic E-state index is 0. The van der Waals surface area contributed by atoms with Crippen LogP contribution in [0.25, 0.3) is 0 Å². The Morgan fingerprint density at radius 3 is 2.81 bits per heavy atom. The summed E-state index contributed by atoms with van der Waals surface area (Å²) in [7, 11) is 1.97. The molecule has 0 bridgehead atoms. The maximum absolute atomic E-state index is 9.32. The third-order valence-corrected chi connectivity index (χ3v) is 5.04. The zero-order chi connectivity index (χ0) is 18.9. The highest BCUT2D eigenvalue weighted by Gasteiger charge is 2.25. The number of aromatic nitrogens is 2. The van der Waals surface area contributed by atoms with E-state index in [0.717, 1.165) is 51.4 Å². The first-order valence-electron chi connectivity index (χ1n) is 10.1. The van der Waals surface area contributed by atoms with Crippen LogP contribution in [0.1, 0.15) is 45.6 Å². The number of aliphatic hydroxyl groups is 1. The molecular weight excluding hydrogens is 453 g/mol. The number of likely N-dealkylation sites (tertiary alicyclic amines) is 1. The van der Waals surface area contributed by atoms with Gasteiger partial charge < -0.3 is 15.3 Å². The summed E-state index contributed by atoms with van der Waals surface area (Å²) in [5.41, 5.74) is 1.32. The number of hydrogen-bond donors (Lipinski definition) is 2. The normalized spacial score (nSPS) is 18.7. The molecular formula is C20H38IN5O. The Bertz CT molecular complexity index is 560. The molecule has 0 aliphatic carbocycles. The van der Waals surface area contributed by atoms with Crippen molar-refractivity contribution < 1.29 is 5.11 Å². The molecule has 1 aromatic rings. The molecule has 2 heterocycles. The van der Waals surface area contributed by atoms with E-state index in [1.165, 1.54) is 12.0 Å². The minimum absolute atomic E-state index is 0. The van der Waals surface area contributed by atoms with Crippen molar-refractivity contribution in [3.05, 3.63) is 18.0 Å². The Morgan fingerprint density at radius 2 is 2.22 bits per heavy atom. The molecule has 2 rings (SSSR count). The molecule has 0 spiro atoms. The lowest BCUT2D eigenvalue weighted by atomic mass is 9.94. The van der Waals surface area contributed by atoms with Crippen molar-refractivity contribution in [1.29, 1.82) is 0 Å². The highest BCUT2D eigenvalue weighted by atomic mass is 127. The van der Waals surface area contributed by atoms with Crippen molar-refractivity contribution in [2.45, 2.75) is 46.5 Å². The van der Waals surface area contributed by atoms with Crippen molar-refractivity contribution in [3.8, 4) is 0 Å². The number of nitrogens with zero attached hydrogens (tertiary/aromatic N) is 4. The van der Waals surface area contributed by atoms with Crippen molar-refractivity contribution in [3.63, 3.8) is 0 Å². The second-order valence-corrected chi connectivity index (χ2v) is 8.03. The van der Waals surface area contributed by atoms with Gasteiger partial charge in [-0.05, 0) is 55.9 Å². The summed E-state index contributed by atoms with van der Waals surface area (Å²) >= 11 is 0. The number of aryl methyl sites for hydroxylation is 1. The fraction of sp³-hybridized carbons (Fsp3) is 0.800. The SMILES string of the molecule is CCNC(=NCC(CCO)CC(C)C)N1CCC(Cc2cnn(C)c2)C1.I. The number of hydrogen-bond acceptors (Lipinski definition) is 3. The van der Waals surface area contributed by atoms with Crippen molar-refractivity contribution in [1.82, 2.24) is 20.0 Å². The molecule has 156 valence electrons. The molecule has 1 fully saturated rings. The van der Waals surface area contributed by atoms with Gasteiger partial charge in [-0.1, -0.05) is 13.8 Å². The number of halogens is 1. The summed E-state index contributed by atoms with van der Waals surface area (Å²) in [6.45, 7) is 10.6. The molecule has 2 unspecified atom stereocenters. The number of guanidine groups is 1. The lowest BCUT2D eigenvalue weighted by molar-refractivity contribution is 0.245. The van der Waals surface area contributed by atoms with Crippen LogP contribution >= 0.6 is 24.0 Å². The van der Waals surface area contributed by atoms with Gasteiger partial charge in [-0.2, -0.15) is 5.10 Å². The molecule has 1 aromatic heterocycles. The summed E-state index contributed by atoms with van der Waals surface area (Å²) in [6, 6.07) is 0. The molecule has 7 heteroatoms. The van der Waals surface area contributed by atoms with Crippen LogP contribution in [0, 0.1) is 17.8 Å². The van der Waals surface area contributed by atoms with E-state index in [1.54, 1.807) is 0 Å². The van der Waals surface area contributed by atoms with E-state index < -0.39 is 0 Å². The second kappa shape index (κ2) is 12.6. The average Bonchev–Trinajstić information content (AvgIpc) is 3.20. The van der Waals surface area contributed by atoms with Gasteiger partial charge in [-0.15, -0.1) is 24.0 Å². The summed E-state index contributed by atoms with van der Waals surface area (Å²) in [6.07, 6.45) is 8.34. The van der Waals surface area contributed by atoms with E-state index in [2.05, 4.69) is 42.3 Å². The van der Waals surface area contributed by atoms with Crippen molar-refractivity contribution >= 4 is 29.9 Å². The van der Waals surface area contributed by atoms with Crippen molar-refractivity contribution in [2.24, 2.45) is 29.8 Å². The summed E-state index contributed by atoms with van der Waals surface area (Å²) in [4.78, 5) is 7.32. The largest absolute Gasteiger partial charge is 0.396 e. The lowest BCUT2D eigenvalue weighted by Crippen LogP contribution is -2.40. The third-order valence-electron chi connectivity index (χ3n) is 5.04. The first-order chi connectivity index (χ1) is 12.5. The van der Waals surface area contributed by atoms with E-state index in [0.29, 0.717) is 17.8 Å². The van der Waals surface area contributed by atoms with Crippen LogP contribution in [0.2, 0.25) is 0 Å². The highest BCUT2D eigenvalue weighted by molar-refractivity contribution is 14.0. The van der Waals surface area contributed by atoms with Crippen LogP contribution in [-0.4, -0.2) is 58.5 Å². The Kier molecular flexibility index (Phi) is 11.3. The van der Waals surface area contributed by atoms with Gasteiger partial charge in [-0.25, -0.2) is 0 Å². The van der Waals surface area contributed by atoms with Gasteiger partial charge in [0.2, 0.25) is 0 Å². The van der Waals surface area contributed by atoms with Gasteiger partial charge in [0, 0.05) is 46.0 Å². The van der Waals surface area contributed by atoms with Gasteiger partial charge >= 0.3 is 0 Å². The zero-order valence-corrected chi connectivity index (χ0v) is 19.7. The first kappa shape index (κ1) is 24.2. The van der Waals surface area contributed by atoms with Gasteiger partial charge in [0.1, 0.15) is 0 Å². The molecule has 1 aliphatic heterocycles. The van der Waals surface area contributed by atoms with Gasteiger partial charge in [0.25, 0.3) is 0 Å². The monoisotopic (exact) mass is 491 g/mol. The number of aliphatic hydroxyl groups excluding tert-OH is 1. The predicted molar refractivity (Wildman–Crippen MR) is 123 cm³/mol. The van der Waals surface area contributed by atoms with Crippen LogP contribution in [0.4, 0.5) is 0 Å². The molecule has 0 aromatic carbocycles. The summed E-state index contributed by atoms with van der Waals surface area (Å²) < 4.78 is 1.88. The molecule has 1 aliphatic rings. The zero-order valence-electron chi connectivity index (χ0n) is 17.4. The Morgan fingerprint density at radius 1 is 1.44 bits per heavy atom. The first-order valence-corrected chi connectivity index (χ1v) is 10.1. The number of nitrogens with one attached hydrogen (secondary N) is 1. The van der Waals surface area contributed by atoms with Crippen molar-refractivity contribution in [2.75, 3.05) is 32.8 Å². The molecule has 2 N–H and O–H groups in total. The molecule has 2 atom stereocenters. The Balaban J connectivity index is 0.00000364. The third kappa shape index (κ3) is 8.37. The smallest absolute Gasteiger partial charge is 0.193 e. The molecule has 27 heavy (non-hydrogen) atoms.